The Bertz CT molecular complexity index is 1470. The van der Waals surface area contributed by atoms with Crippen LogP contribution in [0.4, 0.5) is 9.93 Å². The summed E-state index contributed by atoms with van der Waals surface area (Å²) in [5, 5.41) is 12.7. The number of hydrogen-bond donors (Lipinski definition) is 3. The van der Waals surface area contributed by atoms with E-state index in [1.165, 1.54) is 28.4 Å². The van der Waals surface area contributed by atoms with Crippen LogP contribution in [0.25, 0.3) is 10.3 Å². The van der Waals surface area contributed by atoms with Crippen molar-refractivity contribution in [1.82, 2.24) is 19.6 Å². The second-order valence-electron chi connectivity index (χ2n) is 10.4. The van der Waals surface area contributed by atoms with Gasteiger partial charge in [-0.25, -0.2) is 27.9 Å². The van der Waals surface area contributed by atoms with Crippen LogP contribution in [0.1, 0.15) is 56.4 Å². The summed E-state index contributed by atoms with van der Waals surface area (Å²) in [6.07, 6.45) is 5.20. The van der Waals surface area contributed by atoms with E-state index >= 15 is 0 Å². The first-order chi connectivity index (χ1) is 19.2. The van der Waals surface area contributed by atoms with Gasteiger partial charge in [0.05, 0.1) is 17.9 Å². The fraction of sp³-hybridized carbons (Fsp3) is 0.481. The molecule has 1 saturated heterocycles. The molecule has 2 aromatic heterocycles. The minimum atomic E-state index is -3.86. The van der Waals surface area contributed by atoms with Gasteiger partial charge >= 0.3 is 6.09 Å². The highest BCUT2D eigenvalue weighted by Crippen LogP contribution is 2.36. The van der Waals surface area contributed by atoms with Crippen LogP contribution in [0.15, 0.2) is 41.3 Å². The summed E-state index contributed by atoms with van der Waals surface area (Å²) in [4.78, 5) is 35.7. The van der Waals surface area contributed by atoms with Gasteiger partial charge in [-0.15, -0.1) is 0 Å². The van der Waals surface area contributed by atoms with E-state index in [9.17, 15) is 23.1 Å². The molecule has 1 saturated carbocycles. The van der Waals surface area contributed by atoms with Gasteiger partial charge in [0, 0.05) is 25.2 Å². The fourth-order valence-electron chi connectivity index (χ4n) is 5.55. The zero-order valence-corrected chi connectivity index (χ0v) is 23.8. The maximum absolute atomic E-state index is 13.6. The van der Waals surface area contributed by atoms with Gasteiger partial charge in [0.25, 0.3) is 0 Å². The predicted octanol–water partition coefficient (Wildman–Crippen LogP) is 4.42. The molecular weight excluding hydrogens is 554 g/mol. The molecule has 214 valence electrons. The average Bonchev–Trinajstić information content (AvgIpc) is 3.60. The highest BCUT2D eigenvalue weighted by Gasteiger charge is 2.30. The van der Waals surface area contributed by atoms with Gasteiger partial charge < -0.3 is 20.1 Å². The number of piperidine rings is 1. The van der Waals surface area contributed by atoms with Crippen LogP contribution < -0.4 is 14.8 Å². The van der Waals surface area contributed by atoms with Gasteiger partial charge in [0.15, 0.2) is 5.13 Å². The third-order valence-electron chi connectivity index (χ3n) is 7.64. The number of carboxylic acid groups (broad SMARTS) is 1. The van der Waals surface area contributed by atoms with Crippen molar-refractivity contribution in [1.29, 1.82) is 0 Å². The molecule has 0 bridgehead atoms. The number of nitrogens with zero attached hydrogens (tertiary/aromatic N) is 3. The summed E-state index contributed by atoms with van der Waals surface area (Å²) in [6, 6.07) is 9.45. The standard InChI is InChI=1S/C27H33N5O6S2/c1-38-23-13-12-22-25(29-23)39-26(28-22)30-24(33)21(15-17-5-2-3-6-17)18-8-10-20(11-9-18)40(36,37)31-19-7-4-14-32(16-19)27(34)35/h8-13,17,19,21,31H,2-7,14-16H2,1H3,(H,34,35)(H,28,30,33)/t19-,21?/m0/s1. The lowest BCUT2D eigenvalue weighted by Crippen LogP contribution is -2.49. The number of fused-ring (bicyclic) bond motifs is 1. The number of amides is 2. The maximum Gasteiger partial charge on any atom is 0.407 e. The number of methoxy groups -OCH3 is 1. The molecule has 1 aliphatic heterocycles. The molecule has 1 aliphatic carbocycles. The Morgan fingerprint density at radius 1 is 1.10 bits per heavy atom. The maximum atomic E-state index is 13.6. The number of likely N-dealkylation sites (tertiary alicyclic amines) is 1. The molecule has 2 aliphatic rings. The van der Waals surface area contributed by atoms with Crippen LogP contribution in [-0.4, -0.2) is 66.6 Å². The number of rotatable bonds is 9. The lowest BCUT2D eigenvalue weighted by molar-refractivity contribution is -0.118. The lowest BCUT2D eigenvalue weighted by Gasteiger charge is -2.31. The first kappa shape index (κ1) is 28.2. The minimum Gasteiger partial charge on any atom is -0.481 e. The zero-order valence-electron chi connectivity index (χ0n) is 22.2. The molecular formula is C27H33N5O6S2. The van der Waals surface area contributed by atoms with E-state index in [-0.39, 0.29) is 17.3 Å². The summed E-state index contributed by atoms with van der Waals surface area (Å²) in [6.45, 7) is 0.513. The molecule has 3 heterocycles. The van der Waals surface area contributed by atoms with Crippen molar-refractivity contribution >= 4 is 48.8 Å². The molecule has 2 fully saturated rings. The van der Waals surface area contributed by atoms with E-state index in [1.54, 1.807) is 31.4 Å². The average molecular weight is 588 g/mol. The second kappa shape index (κ2) is 12.1. The fourth-order valence-corrected chi connectivity index (χ4v) is 7.64. The SMILES string of the molecule is COc1ccc2nc(NC(=O)C(CC3CCCC3)c3ccc(S(=O)(=O)N[C@H]4CCCN(C(=O)O)C4)cc3)sc2n1. The number of anilines is 1. The Morgan fingerprint density at radius 3 is 2.55 bits per heavy atom. The Hall–Kier alpha value is -3.29. The van der Waals surface area contributed by atoms with Crippen LogP contribution in [-0.2, 0) is 14.8 Å². The third kappa shape index (κ3) is 6.53. The topological polar surface area (TPSA) is 151 Å². The van der Waals surface area contributed by atoms with E-state index in [4.69, 9.17) is 4.74 Å². The van der Waals surface area contributed by atoms with Crippen molar-refractivity contribution in [2.45, 2.75) is 61.8 Å². The van der Waals surface area contributed by atoms with Crippen LogP contribution >= 0.6 is 11.3 Å². The number of benzene rings is 1. The van der Waals surface area contributed by atoms with E-state index in [0.29, 0.717) is 53.1 Å². The Morgan fingerprint density at radius 2 is 1.85 bits per heavy atom. The number of sulfonamides is 1. The van der Waals surface area contributed by atoms with Crippen molar-refractivity contribution in [3.05, 3.63) is 42.0 Å². The Labute approximate surface area is 237 Å². The number of pyridine rings is 1. The molecule has 5 rings (SSSR count). The first-order valence-electron chi connectivity index (χ1n) is 13.4. The van der Waals surface area contributed by atoms with Crippen molar-refractivity contribution in [3.63, 3.8) is 0 Å². The quantitative estimate of drug-likeness (QED) is 0.333. The summed E-state index contributed by atoms with van der Waals surface area (Å²) < 4.78 is 34.0. The van der Waals surface area contributed by atoms with E-state index < -0.39 is 28.1 Å². The van der Waals surface area contributed by atoms with Gasteiger partial charge in [-0.05, 0) is 48.9 Å². The van der Waals surface area contributed by atoms with Crippen molar-refractivity contribution in [3.8, 4) is 5.88 Å². The molecule has 3 aromatic rings. The van der Waals surface area contributed by atoms with Gasteiger partial charge in [-0.3, -0.25) is 4.79 Å². The van der Waals surface area contributed by atoms with E-state index in [2.05, 4.69) is 20.0 Å². The second-order valence-corrected chi connectivity index (χ2v) is 13.1. The van der Waals surface area contributed by atoms with Crippen LogP contribution in [0.2, 0.25) is 0 Å². The highest BCUT2D eigenvalue weighted by molar-refractivity contribution is 7.89. The van der Waals surface area contributed by atoms with Crippen molar-refractivity contribution in [2.75, 3.05) is 25.5 Å². The highest BCUT2D eigenvalue weighted by atomic mass is 32.2. The monoisotopic (exact) mass is 587 g/mol. The van der Waals surface area contributed by atoms with Gasteiger partial charge in [0.2, 0.25) is 21.8 Å². The number of thiazole rings is 1. The summed E-state index contributed by atoms with van der Waals surface area (Å²) >= 11 is 1.27. The number of carbonyl (C=O) groups excluding carboxylic acids is 1. The molecule has 1 aromatic carbocycles. The molecule has 2 amide bonds. The molecule has 0 radical (unpaired) electrons. The first-order valence-corrected chi connectivity index (χ1v) is 15.7. The number of aromatic nitrogens is 2. The van der Waals surface area contributed by atoms with Gasteiger partial charge in [-0.2, -0.15) is 0 Å². The molecule has 13 heteroatoms. The molecule has 1 unspecified atom stereocenters. The van der Waals surface area contributed by atoms with Crippen LogP contribution in [0.5, 0.6) is 5.88 Å². The third-order valence-corrected chi connectivity index (χ3v) is 10.1. The predicted molar refractivity (Wildman–Crippen MR) is 151 cm³/mol. The normalized spacial score (nSPS) is 19.0. The van der Waals surface area contributed by atoms with E-state index in [0.717, 1.165) is 31.2 Å². The van der Waals surface area contributed by atoms with E-state index in [1.807, 2.05) is 0 Å². The summed E-state index contributed by atoms with van der Waals surface area (Å²) in [5.41, 5.74) is 1.40. The smallest absolute Gasteiger partial charge is 0.407 e. The molecule has 0 spiro atoms. The van der Waals surface area contributed by atoms with Gasteiger partial charge in [-0.1, -0.05) is 49.2 Å². The minimum absolute atomic E-state index is 0.0786. The van der Waals surface area contributed by atoms with Gasteiger partial charge in [0.1, 0.15) is 10.3 Å². The zero-order chi connectivity index (χ0) is 28.3. The number of nitrogens with one attached hydrogen (secondary N) is 2. The van der Waals surface area contributed by atoms with Crippen molar-refractivity contribution < 1.29 is 27.9 Å². The number of carbonyl (C=O) groups is 2. The van der Waals surface area contributed by atoms with Crippen LogP contribution in [0.3, 0.4) is 0 Å². The molecule has 40 heavy (non-hydrogen) atoms. The molecule has 3 N–H and O–H groups in total. The number of ether oxygens (including phenoxy) is 1. The summed E-state index contributed by atoms with van der Waals surface area (Å²) in [7, 11) is -2.32. The Kier molecular flexibility index (Phi) is 8.52. The van der Waals surface area contributed by atoms with Crippen LogP contribution in [0, 0.1) is 5.92 Å². The molecule has 11 nitrogen and oxygen atoms in total. The van der Waals surface area contributed by atoms with Crippen molar-refractivity contribution in [2.24, 2.45) is 5.92 Å². The lowest BCUT2D eigenvalue weighted by atomic mass is 9.87. The number of hydrogen-bond acceptors (Lipinski definition) is 8. The Balaban J connectivity index is 1.32. The molecule has 2 atom stereocenters. The summed E-state index contributed by atoms with van der Waals surface area (Å²) in [5.74, 6) is 0.235. The largest absolute Gasteiger partial charge is 0.481 e.